The van der Waals surface area contributed by atoms with Crippen molar-refractivity contribution in [3.8, 4) is 0 Å². The maximum Gasteiger partial charge on any atom is 0.320 e. The first-order chi connectivity index (χ1) is 41.2. The lowest BCUT2D eigenvalue weighted by molar-refractivity contribution is -0.138. The van der Waals surface area contributed by atoms with E-state index in [1.165, 1.54) is 18.0 Å². The van der Waals surface area contributed by atoms with Crippen LogP contribution < -0.4 is 48.6 Å². The van der Waals surface area contributed by atoms with E-state index in [1.807, 2.05) is 35.7 Å². The monoisotopic (exact) mass is 1210 g/mol. The number of aliphatic hydroxyl groups is 2. The molecule has 25 nitrogen and oxygen atoms in total. The number of fused-ring (bicyclic) bond motifs is 2. The molecule has 3 aliphatic rings. The van der Waals surface area contributed by atoms with E-state index in [2.05, 4.69) is 31.2 Å². The third-order valence-corrected chi connectivity index (χ3v) is 19.6. The Kier molecular flexibility index (Phi) is 24.0. The number of aliphatic imine (C=N–C) groups is 1. The summed E-state index contributed by atoms with van der Waals surface area (Å²) in [6.45, 7) is 6.06. The molecule has 2 aromatic heterocycles. The number of urea groups is 1. The lowest BCUT2D eigenvalue weighted by Gasteiger charge is -2.26. The number of nitrogens with two attached hydrogens (primary N) is 2. The van der Waals surface area contributed by atoms with Crippen LogP contribution in [-0.2, 0) is 37.8 Å². The SMILES string of the molecule is CCCN(CC[C@H](N)C(=O)O)C[C@H]1O[C@@H](n2c(N=C(OC)c3ccc(C(=O)NCCCOCCOCCOCCCNC(=O)CCCC[C@@H]4SC[C@@H]5NC(=O)N[C@@H]54)cc3P(=O)(c3ccccc3)c3ccccc3)nc3c(N)ncnc32)[C@@H](O)C1O. The molecule has 0 bridgehead atoms. The molecule has 460 valence electrons. The fourth-order valence-corrected chi connectivity index (χ4v) is 15.0. The number of carboxylic acids is 1. The van der Waals surface area contributed by atoms with Crippen molar-refractivity contribution in [1.82, 2.24) is 45.7 Å². The Bertz CT molecular complexity index is 3050. The van der Waals surface area contributed by atoms with Gasteiger partial charge in [0.25, 0.3) is 5.91 Å². The first kappa shape index (κ1) is 64.4. The minimum atomic E-state index is -3.88. The molecule has 0 radical (unpaired) electrons. The average molecular weight is 1220 g/mol. The second-order valence-electron chi connectivity index (χ2n) is 20.9. The van der Waals surface area contributed by atoms with Crippen molar-refractivity contribution in [2.75, 3.05) is 91.0 Å². The Morgan fingerprint density at radius 3 is 2.22 bits per heavy atom. The molecule has 0 spiro atoms. The van der Waals surface area contributed by atoms with Gasteiger partial charge >= 0.3 is 12.0 Å². The molecule has 3 fully saturated rings. The number of hydrogen-bond donors (Lipinski definition) is 9. The molecule has 3 saturated heterocycles. The minimum absolute atomic E-state index is 0.0105. The van der Waals surface area contributed by atoms with E-state index in [0.29, 0.717) is 101 Å². The fourth-order valence-electron chi connectivity index (χ4n) is 10.5. The van der Waals surface area contributed by atoms with Crippen LogP contribution in [0.3, 0.4) is 0 Å². The number of benzene rings is 3. The van der Waals surface area contributed by atoms with E-state index in [4.69, 9.17) is 45.1 Å². The van der Waals surface area contributed by atoms with Gasteiger partial charge in [-0.25, -0.2) is 19.7 Å². The third-order valence-electron chi connectivity index (χ3n) is 15.0. The maximum atomic E-state index is 16.2. The molecular formula is C58H79N12O13PS. The number of aromatic nitrogens is 4. The lowest BCUT2D eigenvalue weighted by atomic mass is 10.0. The maximum absolute atomic E-state index is 16.2. The Morgan fingerprint density at radius 1 is 0.894 bits per heavy atom. The van der Waals surface area contributed by atoms with Gasteiger partial charge in [-0.05, 0) is 63.3 Å². The van der Waals surface area contributed by atoms with Gasteiger partial charge in [0.05, 0.1) is 45.6 Å². The zero-order valence-electron chi connectivity index (χ0n) is 48.0. The number of imidazole rings is 1. The van der Waals surface area contributed by atoms with Crippen LogP contribution in [-0.4, -0.2) is 196 Å². The quantitative estimate of drug-likeness (QED) is 0.00938. The van der Waals surface area contributed by atoms with Crippen LogP contribution in [0.4, 0.5) is 16.6 Å². The smallest absolute Gasteiger partial charge is 0.320 e. The topological polar surface area (TPSA) is 352 Å². The number of aliphatic carboxylic acids is 1. The predicted octanol–water partition coefficient (Wildman–Crippen LogP) is 2.31. The molecular weight excluding hydrogens is 1140 g/mol. The molecule has 3 aromatic carbocycles. The van der Waals surface area contributed by atoms with Gasteiger partial charge in [-0.1, -0.05) is 74.0 Å². The summed E-state index contributed by atoms with van der Waals surface area (Å²) in [4.78, 5) is 69.5. The first-order valence-corrected chi connectivity index (χ1v) is 31.6. The number of carbonyl (C=O) groups excluding carboxylic acids is 3. The van der Waals surface area contributed by atoms with Crippen LogP contribution in [0, 0.1) is 0 Å². The largest absolute Gasteiger partial charge is 0.480 e. The number of ether oxygens (including phenoxy) is 5. The number of thioether (sulfide) groups is 1. The molecule has 85 heavy (non-hydrogen) atoms. The van der Waals surface area contributed by atoms with E-state index in [0.717, 1.165) is 25.0 Å². The van der Waals surface area contributed by atoms with Crippen molar-refractivity contribution in [2.24, 2.45) is 10.7 Å². The summed E-state index contributed by atoms with van der Waals surface area (Å²) < 4.78 is 47.2. The summed E-state index contributed by atoms with van der Waals surface area (Å²) in [5.74, 6) is -0.819. The van der Waals surface area contributed by atoms with Gasteiger partial charge in [0.1, 0.15) is 30.7 Å². The number of nitrogens with one attached hydrogen (secondary N) is 4. The number of rotatable bonds is 34. The van der Waals surface area contributed by atoms with Crippen molar-refractivity contribution in [3.63, 3.8) is 0 Å². The van der Waals surface area contributed by atoms with E-state index < -0.39 is 49.6 Å². The Hall–Kier alpha value is -6.58. The number of amides is 4. The predicted molar refractivity (Wildman–Crippen MR) is 323 cm³/mol. The van der Waals surface area contributed by atoms with Crippen LogP contribution in [0.15, 0.2) is 90.2 Å². The minimum Gasteiger partial charge on any atom is -0.480 e. The van der Waals surface area contributed by atoms with Crippen molar-refractivity contribution in [1.29, 1.82) is 0 Å². The number of nitrogens with zero attached hydrogens (tertiary/aromatic N) is 6. The summed E-state index contributed by atoms with van der Waals surface area (Å²) in [7, 11) is -2.50. The molecule has 0 saturated carbocycles. The number of anilines is 1. The molecule has 8 atom stereocenters. The van der Waals surface area contributed by atoms with Crippen LogP contribution in [0.25, 0.3) is 11.2 Å². The van der Waals surface area contributed by atoms with Crippen LogP contribution >= 0.6 is 18.9 Å². The highest BCUT2D eigenvalue weighted by molar-refractivity contribution is 8.00. The number of aliphatic hydroxyl groups excluding tert-OH is 2. The van der Waals surface area contributed by atoms with Gasteiger partial charge in [0.15, 0.2) is 30.4 Å². The summed E-state index contributed by atoms with van der Waals surface area (Å²) in [5, 5.41) is 46.1. The van der Waals surface area contributed by atoms with Crippen molar-refractivity contribution in [3.05, 3.63) is 96.3 Å². The van der Waals surface area contributed by atoms with E-state index in [-0.39, 0.29) is 88.8 Å². The highest BCUT2D eigenvalue weighted by atomic mass is 32.2. The van der Waals surface area contributed by atoms with Gasteiger partial charge < -0.3 is 81.2 Å². The summed E-state index contributed by atoms with van der Waals surface area (Å²) in [5.41, 5.74) is 12.8. The number of carbonyl (C=O) groups is 4. The molecule has 8 rings (SSSR count). The van der Waals surface area contributed by atoms with E-state index in [1.54, 1.807) is 66.7 Å². The van der Waals surface area contributed by atoms with Gasteiger partial charge in [-0.15, -0.1) is 0 Å². The number of unbranched alkanes of at least 4 members (excludes halogenated alkanes) is 1. The number of nitrogen functional groups attached to an aromatic ring is 1. The van der Waals surface area contributed by atoms with Crippen LogP contribution in [0.5, 0.6) is 0 Å². The molecule has 4 amide bonds. The summed E-state index contributed by atoms with van der Waals surface area (Å²) in [6.07, 6.45) is 1.20. The fraction of sp³-hybridized carbons (Fsp3) is 0.517. The highest BCUT2D eigenvalue weighted by Crippen LogP contribution is 2.44. The molecule has 11 N–H and O–H groups in total. The molecule has 27 heteroatoms. The normalized spacial score (nSPS) is 20.8. The molecule has 3 aliphatic heterocycles. The van der Waals surface area contributed by atoms with Crippen LogP contribution in [0.2, 0.25) is 0 Å². The van der Waals surface area contributed by atoms with Gasteiger partial charge in [0.2, 0.25) is 17.8 Å². The zero-order chi connectivity index (χ0) is 60.3. The number of carboxylic acid groups (broad SMARTS) is 1. The Morgan fingerprint density at radius 2 is 1.56 bits per heavy atom. The van der Waals surface area contributed by atoms with Gasteiger partial charge in [-0.3, -0.25) is 19.0 Å². The second-order valence-corrected chi connectivity index (χ2v) is 24.9. The van der Waals surface area contributed by atoms with Gasteiger partial charge in [0, 0.05) is 83.9 Å². The highest BCUT2D eigenvalue weighted by Gasteiger charge is 2.47. The van der Waals surface area contributed by atoms with E-state index >= 15 is 4.57 Å². The van der Waals surface area contributed by atoms with Crippen molar-refractivity contribution in [2.45, 2.75) is 106 Å². The van der Waals surface area contributed by atoms with Crippen LogP contribution in [0.1, 0.15) is 80.4 Å². The summed E-state index contributed by atoms with van der Waals surface area (Å²) >= 11 is 1.88. The Balaban J connectivity index is 0.869. The standard InChI is InChI=1S/C58H79N12O13PS/c1-3-25-69(26-22-41(59)56(75)76)34-43-49(72)50(73)55(83-43)70-52-48(51(60)63-36-64-52)66-57(70)68-54(79-2)40-21-20-37(33-44(40)84(78,38-14-6-4-7-15-38)39-16-8-5-9-17-39)53(74)62-24-13-28-81-30-32-82-31-29-80-27-12-23-61-46(71)19-11-10-18-45-47-42(35-85-45)65-58(77)67-47/h4-9,14-17,20-21,33,36,41-43,45,47,49-50,55,72-73H,3,10-13,18-19,22-32,34-35,59H2,1-2H3,(H,61,71)(H,62,74)(H,75,76)(H2,60,63,64)(H2,65,67,77)/t41-,42-,43+,45-,47-,49?,50-,55+/m0/s1. The molecule has 5 aromatic rings. The number of hydrogen-bond acceptors (Lipinski definition) is 20. The third kappa shape index (κ3) is 16.7. The molecule has 1 unspecified atom stereocenters. The van der Waals surface area contributed by atoms with Gasteiger partial charge in [-0.2, -0.15) is 16.8 Å². The molecule has 5 heterocycles. The number of methoxy groups -OCH3 is 1. The van der Waals surface area contributed by atoms with Crippen molar-refractivity contribution >= 4 is 87.5 Å². The zero-order valence-corrected chi connectivity index (χ0v) is 49.7. The summed E-state index contributed by atoms with van der Waals surface area (Å²) in [6, 6.07) is 21.8. The Labute approximate surface area is 498 Å². The average Bonchev–Trinajstić information content (AvgIpc) is 1.83. The van der Waals surface area contributed by atoms with E-state index in [9.17, 15) is 34.5 Å². The first-order valence-electron chi connectivity index (χ1n) is 28.9. The lowest BCUT2D eigenvalue weighted by Crippen LogP contribution is -2.42. The second kappa shape index (κ2) is 31.7. The molecule has 0 aliphatic carbocycles. The van der Waals surface area contributed by atoms with Crippen molar-refractivity contribution < 1.29 is 62.7 Å².